The molecule has 0 unspecified atom stereocenters. The van der Waals surface area contributed by atoms with Crippen LogP contribution >= 0.6 is 0 Å². The molecule has 16 heavy (non-hydrogen) atoms. The Labute approximate surface area is 86.8 Å². The summed E-state index contributed by atoms with van der Waals surface area (Å²) in [5.41, 5.74) is 1.78. The topological polar surface area (TPSA) is 69.2 Å². The molecular weight excluding hydrogens is 232 g/mol. The molecule has 0 saturated carbocycles. The summed E-state index contributed by atoms with van der Waals surface area (Å²) in [7, 11) is 0. The van der Waals surface area contributed by atoms with E-state index in [-0.39, 0.29) is 6.07 Å². The lowest BCUT2D eigenvalue weighted by atomic mass is 10.1. The highest BCUT2D eigenvalue weighted by atomic mass is 19.4. The lowest BCUT2D eigenvalue weighted by Crippen LogP contribution is -2.12. The van der Waals surface area contributed by atoms with Crippen LogP contribution < -0.4 is 5.73 Å². The summed E-state index contributed by atoms with van der Waals surface area (Å²) in [6.07, 6.45) is -4.92. The van der Waals surface area contributed by atoms with Gasteiger partial charge in [0.1, 0.15) is 11.4 Å². The van der Waals surface area contributed by atoms with Crippen LogP contribution in [0.25, 0.3) is 0 Å². The summed E-state index contributed by atoms with van der Waals surface area (Å²) >= 11 is 0. The van der Waals surface area contributed by atoms with Gasteiger partial charge in [-0.2, -0.15) is 13.2 Å². The Balaban J connectivity index is 3.49. The van der Waals surface area contributed by atoms with Gasteiger partial charge in [-0.3, -0.25) is 10.1 Å². The molecule has 4 nitrogen and oxygen atoms in total. The number of benzene rings is 1. The predicted octanol–water partition coefficient (Wildman–Crippen LogP) is 2.21. The monoisotopic (exact) mass is 238 g/mol. The Bertz CT molecular complexity index is 431. The molecular formula is C8H6F4N2O2. The van der Waals surface area contributed by atoms with Gasteiger partial charge in [0.25, 0.3) is 5.69 Å². The minimum absolute atomic E-state index is 0.227. The lowest BCUT2D eigenvalue weighted by Gasteiger charge is -2.09. The highest BCUT2D eigenvalue weighted by molar-refractivity contribution is 5.45. The predicted molar refractivity (Wildman–Crippen MR) is 45.9 cm³/mol. The second-order valence-electron chi connectivity index (χ2n) is 2.92. The van der Waals surface area contributed by atoms with Crippen molar-refractivity contribution in [2.24, 2.45) is 5.73 Å². The average molecular weight is 238 g/mol. The largest absolute Gasteiger partial charge is 0.423 e. The highest BCUT2D eigenvalue weighted by Crippen LogP contribution is 2.37. The van der Waals surface area contributed by atoms with Crippen molar-refractivity contribution in [3.8, 4) is 0 Å². The van der Waals surface area contributed by atoms with Gasteiger partial charge in [0, 0.05) is 12.1 Å². The molecule has 88 valence electrons. The first-order valence-electron chi connectivity index (χ1n) is 4.01. The standard InChI is InChI=1S/C8H6F4N2O2/c9-6-2-7(14(15)16)5(8(10,11)12)1-4(6)3-13/h1-2H,3,13H2. The van der Waals surface area contributed by atoms with Crippen LogP contribution in [0.4, 0.5) is 23.2 Å². The van der Waals surface area contributed by atoms with Crippen LogP contribution in [0.15, 0.2) is 12.1 Å². The zero-order valence-electron chi connectivity index (χ0n) is 7.71. The Kier molecular flexibility index (Phi) is 3.13. The molecule has 0 heterocycles. The van der Waals surface area contributed by atoms with Crippen LogP contribution in [0, 0.1) is 15.9 Å². The van der Waals surface area contributed by atoms with E-state index in [0.29, 0.717) is 6.07 Å². The summed E-state index contributed by atoms with van der Waals surface area (Å²) in [5, 5.41) is 10.3. The Hall–Kier alpha value is -1.70. The maximum Gasteiger partial charge on any atom is 0.423 e. The molecule has 1 rings (SSSR count). The van der Waals surface area contributed by atoms with E-state index < -0.39 is 40.3 Å². The van der Waals surface area contributed by atoms with Crippen molar-refractivity contribution in [1.82, 2.24) is 0 Å². The molecule has 0 atom stereocenters. The number of nitro benzene ring substituents is 1. The SMILES string of the molecule is NCc1cc(C(F)(F)F)c([N+](=O)[O-])cc1F. The van der Waals surface area contributed by atoms with Crippen molar-refractivity contribution >= 4 is 5.69 Å². The Morgan fingerprint density at radius 1 is 1.38 bits per heavy atom. The normalized spacial score (nSPS) is 11.6. The fraction of sp³-hybridized carbons (Fsp3) is 0.250. The van der Waals surface area contributed by atoms with Gasteiger partial charge in [-0.15, -0.1) is 0 Å². The third-order valence-electron chi connectivity index (χ3n) is 1.89. The second-order valence-corrected chi connectivity index (χ2v) is 2.92. The zero-order chi connectivity index (χ0) is 12.5. The average Bonchev–Trinajstić information content (AvgIpc) is 2.15. The number of alkyl halides is 3. The first-order chi connectivity index (χ1) is 7.27. The molecule has 0 saturated heterocycles. The van der Waals surface area contributed by atoms with Gasteiger partial charge in [-0.1, -0.05) is 0 Å². The van der Waals surface area contributed by atoms with Crippen molar-refractivity contribution in [1.29, 1.82) is 0 Å². The number of hydrogen-bond donors (Lipinski definition) is 1. The summed E-state index contributed by atoms with van der Waals surface area (Å²) < 4.78 is 50.2. The van der Waals surface area contributed by atoms with E-state index in [0.717, 1.165) is 0 Å². The van der Waals surface area contributed by atoms with Gasteiger partial charge in [-0.25, -0.2) is 4.39 Å². The number of nitro groups is 1. The van der Waals surface area contributed by atoms with E-state index in [1.165, 1.54) is 0 Å². The smallest absolute Gasteiger partial charge is 0.326 e. The fourth-order valence-corrected chi connectivity index (χ4v) is 1.14. The molecule has 0 radical (unpaired) electrons. The Morgan fingerprint density at radius 3 is 2.31 bits per heavy atom. The number of halogens is 4. The molecule has 0 aliphatic heterocycles. The molecule has 1 aromatic rings. The third-order valence-corrected chi connectivity index (χ3v) is 1.89. The molecule has 2 N–H and O–H groups in total. The molecule has 0 aromatic heterocycles. The van der Waals surface area contributed by atoms with Crippen molar-refractivity contribution in [3.63, 3.8) is 0 Å². The molecule has 0 spiro atoms. The number of rotatable bonds is 2. The van der Waals surface area contributed by atoms with E-state index in [9.17, 15) is 27.7 Å². The van der Waals surface area contributed by atoms with Gasteiger partial charge in [0.05, 0.1) is 11.0 Å². The quantitative estimate of drug-likeness (QED) is 0.487. The molecule has 0 aliphatic rings. The molecule has 0 aliphatic carbocycles. The van der Waals surface area contributed by atoms with Gasteiger partial charge in [-0.05, 0) is 6.07 Å². The van der Waals surface area contributed by atoms with Crippen molar-refractivity contribution in [2.45, 2.75) is 12.7 Å². The van der Waals surface area contributed by atoms with Crippen LogP contribution in [0.3, 0.4) is 0 Å². The molecule has 1 aromatic carbocycles. The van der Waals surface area contributed by atoms with E-state index in [1.54, 1.807) is 0 Å². The van der Waals surface area contributed by atoms with E-state index in [4.69, 9.17) is 5.73 Å². The van der Waals surface area contributed by atoms with Gasteiger partial charge >= 0.3 is 6.18 Å². The van der Waals surface area contributed by atoms with Crippen LogP contribution in [-0.2, 0) is 12.7 Å². The minimum Gasteiger partial charge on any atom is -0.326 e. The fourth-order valence-electron chi connectivity index (χ4n) is 1.14. The minimum atomic E-state index is -4.92. The summed E-state index contributed by atoms with van der Waals surface area (Å²) in [5.74, 6) is -1.12. The van der Waals surface area contributed by atoms with Gasteiger partial charge in [0.2, 0.25) is 0 Å². The maximum absolute atomic E-state index is 13.0. The zero-order valence-corrected chi connectivity index (χ0v) is 7.71. The van der Waals surface area contributed by atoms with Gasteiger partial charge < -0.3 is 5.73 Å². The van der Waals surface area contributed by atoms with E-state index in [2.05, 4.69) is 0 Å². The summed E-state index contributed by atoms with van der Waals surface area (Å²) in [6.45, 7) is -0.465. The van der Waals surface area contributed by atoms with Crippen LogP contribution in [0.1, 0.15) is 11.1 Å². The van der Waals surface area contributed by atoms with E-state index in [1.807, 2.05) is 0 Å². The molecule has 0 fully saturated rings. The second kappa shape index (κ2) is 4.05. The molecule has 8 heteroatoms. The van der Waals surface area contributed by atoms with Crippen LogP contribution in [-0.4, -0.2) is 4.92 Å². The summed E-state index contributed by atoms with van der Waals surface area (Å²) in [6, 6.07) is 0.582. The summed E-state index contributed by atoms with van der Waals surface area (Å²) in [4.78, 5) is 9.04. The number of nitrogens with zero attached hydrogens (tertiary/aromatic N) is 1. The first kappa shape index (κ1) is 12.4. The van der Waals surface area contributed by atoms with E-state index >= 15 is 0 Å². The maximum atomic E-state index is 13.0. The Morgan fingerprint density at radius 2 is 1.94 bits per heavy atom. The van der Waals surface area contributed by atoms with Crippen molar-refractivity contribution < 1.29 is 22.5 Å². The molecule has 0 bridgehead atoms. The third kappa shape index (κ3) is 2.27. The highest BCUT2D eigenvalue weighted by Gasteiger charge is 2.39. The van der Waals surface area contributed by atoms with Crippen LogP contribution in [0.2, 0.25) is 0 Å². The van der Waals surface area contributed by atoms with Gasteiger partial charge in [0.15, 0.2) is 0 Å². The van der Waals surface area contributed by atoms with Crippen LogP contribution in [0.5, 0.6) is 0 Å². The van der Waals surface area contributed by atoms with Crippen molar-refractivity contribution in [3.05, 3.63) is 39.2 Å². The first-order valence-corrected chi connectivity index (χ1v) is 4.01. The van der Waals surface area contributed by atoms with Crippen molar-refractivity contribution in [2.75, 3.05) is 0 Å². The number of hydrogen-bond acceptors (Lipinski definition) is 3. The lowest BCUT2D eigenvalue weighted by molar-refractivity contribution is -0.388. The number of nitrogens with two attached hydrogens (primary N) is 1. The molecule has 0 amide bonds.